The van der Waals surface area contributed by atoms with Crippen molar-refractivity contribution in [3.05, 3.63) is 42.1 Å². The lowest BCUT2D eigenvalue weighted by atomic mass is 10.3. The van der Waals surface area contributed by atoms with Crippen LogP contribution in [0, 0.1) is 6.92 Å². The van der Waals surface area contributed by atoms with Gasteiger partial charge in [0.1, 0.15) is 5.03 Å². The Morgan fingerprint density at radius 1 is 1.11 bits per heavy atom. The van der Waals surface area contributed by atoms with Gasteiger partial charge in [-0.25, -0.2) is 13.4 Å². The molecule has 2 aromatic rings. The first-order valence-electron chi connectivity index (χ1n) is 5.57. The molecular formula is C13H14N2O2S2. The first-order valence-corrected chi connectivity index (χ1v) is 8.28. The second kappa shape index (κ2) is 5.22. The Kier molecular flexibility index (Phi) is 3.82. The summed E-state index contributed by atoms with van der Waals surface area (Å²) in [5.74, 6) is 0. The molecule has 0 aliphatic rings. The highest BCUT2D eigenvalue weighted by atomic mass is 32.2. The molecule has 0 spiro atoms. The average Bonchev–Trinajstić information content (AvgIpc) is 2.33. The zero-order valence-electron chi connectivity index (χ0n) is 10.6. The molecule has 1 heterocycles. The van der Waals surface area contributed by atoms with Crippen LogP contribution in [0.1, 0.15) is 5.69 Å². The predicted octanol–water partition coefficient (Wildman–Crippen LogP) is 2.53. The molecule has 0 fully saturated rings. The summed E-state index contributed by atoms with van der Waals surface area (Å²) in [6.45, 7) is 1.85. The summed E-state index contributed by atoms with van der Waals surface area (Å²) in [5.41, 5.74) is 7.16. The molecule has 0 unspecified atom stereocenters. The fourth-order valence-corrected chi connectivity index (χ4v) is 2.94. The molecule has 0 radical (unpaired) electrons. The van der Waals surface area contributed by atoms with Gasteiger partial charge in [-0.15, -0.1) is 0 Å². The van der Waals surface area contributed by atoms with Crippen LogP contribution in [0.4, 0.5) is 5.69 Å². The number of aromatic nitrogens is 1. The van der Waals surface area contributed by atoms with Gasteiger partial charge in [-0.3, -0.25) is 0 Å². The van der Waals surface area contributed by atoms with Crippen LogP contribution in [0.25, 0.3) is 0 Å². The number of sulfone groups is 1. The topological polar surface area (TPSA) is 73.0 Å². The number of hydrogen-bond acceptors (Lipinski definition) is 5. The second-order valence-electron chi connectivity index (χ2n) is 4.17. The summed E-state index contributed by atoms with van der Waals surface area (Å²) in [4.78, 5) is 5.61. The van der Waals surface area contributed by atoms with E-state index in [1.807, 2.05) is 19.1 Å². The van der Waals surface area contributed by atoms with Crippen LogP contribution in [0.5, 0.6) is 0 Å². The average molecular weight is 294 g/mol. The van der Waals surface area contributed by atoms with Crippen molar-refractivity contribution in [3.63, 3.8) is 0 Å². The van der Waals surface area contributed by atoms with Crippen molar-refractivity contribution in [1.29, 1.82) is 0 Å². The van der Waals surface area contributed by atoms with Crippen molar-refractivity contribution < 1.29 is 8.42 Å². The normalized spacial score (nSPS) is 11.5. The van der Waals surface area contributed by atoms with Gasteiger partial charge in [-0.05, 0) is 43.3 Å². The summed E-state index contributed by atoms with van der Waals surface area (Å²) in [7, 11) is -3.15. The fraction of sp³-hybridized carbons (Fsp3) is 0.154. The minimum absolute atomic E-state index is 0.318. The van der Waals surface area contributed by atoms with Crippen molar-refractivity contribution in [2.24, 2.45) is 0 Å². The second-order valence-corrected chi connectivity index (χ2v) is 7.28. The van der Waals surface area contributed by atoms with Crippen LogP contribution < -0.4 is 5.73 Å². The van der Waals surface area contributed by atoms with Crippen LogP contribution in [0.3, 0.4) is 0 Å². The molecule has 0 aliphatic heterocycles. The quantitative estimate of drug-likeness (QED) is 0.941. The Balaban J connectivity index is 2.22. The first kappa shape index (κ1) is 13.9. The highest BCUT2D eigenvalue weighted by molar-refractivity contribution is 7.99. The van der Waals surface area contributed by atoms with Gasteiger partial charge in [0.05, 0.1) is 16.3 Å². The molecule has 2 rings (SSSR count). The number of rotatable bonds is 3. The molecule has 100 valence electrons. The van der Waals surface area contributed by atoms with Crippen LogP contribution in [-0.2, 0) is 9.84 Å². The van der Waals surface area contributed by atoms with Gasteiger partial charge in [-0.2, -0.15) is 0 Å². The molecule has 0 bridgehead atoms. The van der Waals surface area contributed by atoms with E-state index in [4.69, 9.17) is 5.73 Å². The molecule has 2 N–H and O–H groups in total. The van der Waals surface area contributed by atoms with E-state index >= 15 is 0 Å². The van der Waals surface area contributed by atoms with E-state index in [0.29, 0.717) is 10.6 Å². The molecule has 4 nitrogen and oxygen atoms in total. The SMILES string of the molecule is Cc1nc(Sc2ccc(S(C)(=O)=O)cc2)ccc1N. The molecule has 1 aromatic heterocycles. The van der Waals surface area contributed by atoms with Crippen LogP contribution >= 0.6 is 11.8 Å². The monoisotopic (exact) mass is 294 g/mol. The van der Waals surface area contributed by atoms with Crippen molar-refractivity contribution in [1.82, 2.24) is 4.98 Å². The van der Waals surface area contributed by atoms with Gasteiger partial charge in [-0.1, -0.05) is 11.8 Å². The van der Waals surface area contributed by atoms with Crippen molar-refractivity contribution in [2.45, 2.75) is 21.7 Å². The van der Waals surface area contributed by atoms with Crippen molar-refractivity contribution in [3.8, 4) is 0 Å². The highest BCUT2D eigenvalue weighted by Gasteiger charge is 2.07. The number of nitrogens with zero attached hydrogens (tertiary/aromatic N) is 1. The summed E-state index contributed by atoms with van der Waals surface area (Å²) in [5, 5.41) is 0.832. The maximum Gasteiger partial charge on any atom is 0.175 e. The summed E-state index contributed by atoms with van der Waals surface area (Å²) in [6.07, 6.45) is 1.19. The number of anilines is 1. The van der Waals surface area contributed by atoms with E-state index in [1.54, 1.807) is 24.3 Å². The molecule has 1 aromatic carbocycles. The van der Waals surface area contributed by atoms with Gasteiger partial charge >= 0.3 is 0 Å². The minimum Gasteiger partial charge on any atom is -0.397 e. The maximum atomic E-state index is 11.4. The third-order valence-corrected chi connectivity index (χ3v) is 4.65. The Morgan fingerprint density at radius 2 is 1.74 bits per heavy atom. The highest BCUT2D eigenvalue weighted by Crippen LogP contribution is 2.28. The molecule has 0 saturated heterocycles. The van der Waals surface area contributed by atoms with Crippen LogP contribution in [0.2, 0.25) is 0 Å². The van der Waals surface area contributed by atoms with E-state index in [9.17, 15) is 8.42 Å². The van der Waals surface area contributed by atoms with E-state index in [-0.39, 0.29) is 0 Å². The standard InChI is InChI=1S/C13H14N2O2S2/c1-9-12(14)7-8-13(15-9)18-10-3-5-11(6-4-10)19(2,16)17/h3-8H,14H2,1-2H3. The number of nitrogens with two attached hydrogens (primary N) is 1. The first-order chi connectivity index (χ1) is 8.86. The van der Waals surface area contributed by atoms with Gasteiger partial charge in [0, 0.05) is 11.2 Å². The lowest BCUT2D eigenvalue weighted by molar-refractivity contribution is 0.602. The van der Waals surface area contributed by atoms with Crippen molar-refractivity contribution >= 4 is 27.3 Å². The van der Waals surface area contributed by atoms with E-state index < -0.39 is 9.84 Å². The third kappa shape index (κ3) is 3.48. The molecule has 0 saturated carbocycles. The smallest absolute Gasteiger partial charge is 0.175 e. The van der Waals surface area contributed by atoms with Gasteiger partial charge < -0.3 is 5.73 Å². The molecular weight excluding hydrogens is 280 g/mol. The predicted molar refractivity (Wildman–Crippen MR) is 77.1 cm³/mol. The molecule has 0 aliphatic carbocycles. The Morgan fingerprint density at radius 3 is 2.26 bits per heavy atom. The Hall–Kier alpha value is -1.53. The Labute approximate surface area is 117 Å². The van der Waals surface area contributed by atoms with Crippen LogP contribution in [-0.4, -0.2) is 19.7 Å². The maximum absolute atomic E-state index is 11.4. The van der Waals surface area contributed by atoms with E-state index in [2.05, 4.69) is 4.98 Å². The largest absolute Gasteiger partial charge is 0.397 e. The molecule has 6 heteroatoms. The summed E-state index contributed by atoms with van der Waals surface area (Å²) < 4.78 is 22.7. The van der Waals surface area contributed by atoms with Gasteiger partial charge in [0.15, 0.2) is 9.84 Å². The zero-order chi connectivity index (χ0) is 14.0. The Bertz CT molecular complexity index is 695. The van der Waals surface area contributed by atoms with E-state index in [0.717, 1.165) is 15.6 Å². The summed E-state index contributed by atoms with van der Waals surface area (Å²) >= 11 is 1.47. The lowest BCUT2D eigenvalue weighted by Crippen LogP contribution is -1.96. The number of hydrogen-bond donors (Lipinski definition) is 1. The molecule has 0 amide bonds. The number of benzene rings is 1. The third-order valence-electron chi connectivity index (χ3n) is 2.58. The number of nitrogen functional groups attached to an aromatic ring is 1. The minimum atomic E-state index is -3.15. The number of aryl methyl sites for hydroxylation is 1. The van der Waals surface area contributed by atoms with Crippen molar-refractivity contribution in [2.75, 3.05) is 12.0 Å². The van der Waals surface area contributed by atoms with E-state index in [1.165, 1.54) is 18.0 Å². The van der Waals surface area contributed by atoms with Crippen LogP contribution in [0.15, 0.2) is 51.2 Å². The summed E-state index contributed by atoms with van der Waals surface area (Å²) in [6, 6.07) is 10.4. The zero-order valence-corrected chi connectivity index (χ0v) is 12.3. The fourth-order valence-electron chi connectivity index (χ4n) is 1.48. The van der Waals surface area contributed by atoms with Gasteiger partial charge in [0.2, 0.25) is 0 Å². The molecule has 19 heavy (non-hydrogen) atoms. The number of pyridine rings is 1. The van der Waals surface area contributed by atoms with Gasteiger partial charge in [0.25, 0.3) is 0 Å². The lowest BCUT2D eigenvalue weighted by Gasteiger charge is -2.05. The molecule has 0 atom stereocenters.